The number of nitrogens with one attached hydrogen (secondary N) is 1. The standard InChI is InChI=1S/C21H34N4O3/c1-7-22-21(25-13-15(2)18(14-25)20(26)28-6)23-12-19(24(3)4)16-9-8-10-17(11-16)27-5/h8-11,15,18-19H,7,12-14H2,1-6H3,(H,22,23). The number of methoxy groups -OCH3 is 2. The van der Waals surface area contributed by atoms with Gasteiger partial charge in [-0.05, 0) is 44.6 Å². The van der Waals surface area contributed by atoms with Gasteiger partial charge in [0.25, 0.3) is 0 Å². The predicted molar refractivity (Wildman–Crippen MR) is 112 cm³/mol. The molecule has 28 heavy (non-hydrogen) atoms. The lowest BCUT2D eigenvalue weighted by atomic mass is 9.99. The number of carbonyl (C=O) groups is 1. The quantitative estimate of drug-likeness (QED) is 0.436. The Morgan fingerprint density at radius 1 is 1.36 bits per heavy atom. The van der Waals surface area contributed by atoms with E-state index in [0.717, 1.165) is 30.4 Å². The minimum absolute atomic E-state index is 0.114. The molecule has 3 atom stereocenters. The third-order valence-electron chi connectivity index (χ3n) is 5.27. The minimum atomic E-state index is -0.145. The third-order valence-corrected chi connectivity index (χ3v) is 5.27. The van der Waals surface area contributed by atoms with Crippen LogP contribution in [0.15, 0.2) is 29.3 Å². The SMILES string of the molecule is CCNC(=NCC(c1cccc(OC)c1)N(C)C)N1CC(C)C(C(=O)OC)C1. The van der Waals surface area contributed by atoms with E-state index in [0.29, 0.717) is 13.1 Å². The highest BCUT2D eigenvalue weighted by Crippen LogP contribution is 2.25. The van der Waals surface area contributed by atoms with Gasteiger partial charge < -0.3 is 24.6 Å². The monoisotopic (exact) mass is 390 g/mol. The minimum Gasteiger partial charge on any atom is -0.497 e. The fraction of sp³-hybridized carbons (Fsp3) is 0.619. The number of ether oxygens (including phenoxy) is 2. The molecule has 2 rings (SSSR count). The summed E-state index contributed by atoms with van der Waals surface area (Å²) in [6, 6.07) is 8.23. The van der Waals surface area contributed by atoms with Crippen LogP contribution in [-0.4, -0.2) is 76.2 Å². The lowest BCUT2D eigenvalue weighted by Crippen LogP contribution is -2.41. The Morgan fingerprint density at radius 2 is 2.11 bits per heavy atom. The summed E-state index contributed by atoms with van der Waals surface area (Å²) in [7, 11) is 7.24. The molecule has 0 aliphatic carbocycles. The summed E-state index contributed by atoms with van der Waals surface area (Å²) < 4.78 is 10.3. The maximum atomic E-state index is 12.0. The van der Waals surface area contributed by atoms with Crippen molar-refractivity contribution in [3.63, 3.8) is 0 Å². The molecule has 1 aliphatic rings. The van der Waals surface area contributed by atoms with Gasteiger partial charge in [0.1, 0.15) is 5.75 Å². The second kappa shape index (κ2) is 10.3. The molecule has 1 heterocycles. The number of likely N-dealkylation sites (tertiary alicyclic amines) is 1. The highest BCUT2D eigenvalue weighted by Gasteiger charge is 2.37. The summed E-state index contributed by atoms with van der Waals surface area (Å²) >= 11 is 0. The summed E-state index contributed by atoms with van der Waals surface area (Å²) in [5.41, 5.74) is 1.16. The van der Waals surface area contributed by atoms with Crippen LogP contribution >= 0.6 is 0 Å². The van der Waals surface area contributed by atoms with Crippen molar-refractivity contribution in [1.29, 1.82) is 0 Å². The van der Waals surface area contributed by atoms with E-state index in [1.807, 2.05) is 12.1 Å². The van der Waals surface area contributed by atoms with E-state index in [2.05, 4.69) is 55.2 Å². The number of rotatable bonds is 7. The fourth-order valence-corrected chi connectivity index (χ4v) is 3.61. The number of hydrogen-bond acceptors (Lipinski definition) is 5. The largest absolute Gasteiger partial charge is 0.497 e. The van der Waals surface area contributed by atoms with Gasteiger partial charge in [0, 0.05) is 19.6 Å². The topological polar surface area (TPSA) is 66.4 Å². The molecule has 3 unspecified atom stereocenters. The molecule has 0 aromatic heterocycles. The molecule has 7 heteroatoms. The number of esters is 1. The van der Waals surface area contributed by atoms with E-state index in [9.17, 15) is 4.79 Å². The number of nitrogens with zero attached hydrogens (tertiary/aromatic N) is 3. The zero-order valence-electron chi connectivity index (χ0n) is 17.9. The van der Waals surface area contributed by atoms with Crippen molar-refractivity contribution in [2.24, 2.45) is 16.8 Å². The Bertz CT molecular complexity index is 677. The second-order valence-electron chi connectivity index (χ2n) is 7.46. The molecule has 1 saturated heterocycles. The number of benzene rings is 1. The Balaban J connectivity index is 2.18. The lowest BCUT2D eigenvalue weighted by Gasteiger charge is -2.26. The zero-order valence-corrected chi connectivity index (χ0v) is 17.9. The van der Waals surface area contributed by atoms with Crippen molar-refractivity contribution in [3.8, 4) is 5.75 Å². The predicted octanol–water partition coefficient (Wildman–Crippen LogP) is 2.00. The molecule has 0 amide bonds. The van der Waals surface area contributed by atoms with Gasteiger partial charge in [-0.25, -0.2) is 0 Å². The van der Waals surface area contributed by atoms with Gasteiger partial charge in [0.05, 0.1) is 32.7 Å². The van der Waals surface area contributed by atoms with Crippen LogP contribution in [0.2, 0.25) is 0 Å². The van der Waals surface area contributed by atoms with Crippen molar-refractivity contribution in [2.45, 2.75) is 19.9 Å². The molecule has 7 nitrogen and oxygen atoms in total. The first-order valence-electron chi connectivity index (χ1n) is 9.82. The molecule has 1 fully saturated rings. The van der Waals surface area contributed by atoms with Gasteiger partial charge in [-0.15, -0.1) is 0 Å². The normalized spacial score (nSPS) is 21.0. The van der Waals surface area contributed by atoms with Crippen LogP contribution in [-0.2, 0) is 9.53 Å². The first kappa shape index (κ1) is 22.0. The molecule has 0 radical (unpaired) electrons. The number of hydrogen-bond donors (Lipinski definition) is 1. The van der Waals surface area contributed by atoms with E-state index in [4.69, 9.17) is 14.5 Å². The van der Waals surface area contributed by atoms with Crippen LogP contribution in [0.25, 0.3) is 0 Å². The van der Waals surface area contributed by atoms with Gasteiger partial charge in [-0.3, -0.25) is 9.79 Å². The first-order chi connectivity index (χ1) is 13.4. The third kappa shape index (κ3) is 5.38. The molecule has 1 aromatic carbocycles. The van der Waals surface area contributed by atoms with E-state index >= 15 is 0 Å². The summed E-state index contributed by atoms with van der Waals surface area (Å²) in [5.74, 6) is 1.66. The van der Waals surface area contributed by atoms with Crippen LogP contribution in [0.4, 0.5) is 0 Å². The molecule has 156 valence electrons. The maximum absolute atomic E-state index is 12.0. The number of aliphatic imine (C=N–C) groups is 1. The Morgan fingerprint density at radius 3 is 2.71 bits per heavy atom. The molecule has 0 bridgehead atoms. The first-order valence-corrected chi connectivity index (χ1v) is 9.82. The average Bonchev–Trinajstić information content (AvgIpc) is 3.08. The number of carbonyl (C=O) groups excluding carboxylic acids is 1. The van der Waals surface area contributed by atoms with E-state index in [-0.39, 0.29) is 23.8 Å². The van der Waals surface area contributed by atoms with Crippen molar-refractivity contribution in [3.05, 3.63) is 29.8 Å². The highest BCUT2D eigenvalue weighted by atomic mass is 16.5. The van der Waals surface area contributed by atoms with Crippen molar-refractivity contribution >= 4 is 11.9 Å². The Labute approximate surface area is 168 Å². The molecule has 0 saturated carbocycles. The van der Waals surface area contributed by atoms with E-state index in [1.165, 1.54) is 7.11 Å². The highest BCUT2D eigenvalue weighted by molar-refractivity contribution is 5.82. The van der Waals surface area contributed by atoms with Gasteiger partial charge in [-0.1, -0.05) is 19.1 Å². The smallest absolute Gasteiger partial charge is 0.310 e. The van der Waals surface area contributed by atoms with Crippen LogP contribution in [0.3, 0.4) is 0 Å². The second-order valence-corrected chi connectivity index (χ2v) is 7.46. The van der Waals surface area contributed by atoms with Crippen LogP contribution < -0.4 is 10.1 Å². The fourth-order valence-electron chi connectivity index (χ4n) is 3.61. The summed E-state index contributed by atoms with van der Waals surface area (Å²) in [5, 5.41) is 3.37. The molecule has 0 spiro atoms. The van der Waals surface area contributed by atoms with Crippen LogP contribution in [0, 0.1) is 11.8 Å². The number of guanidine groups is 1. The van der Waals surface area contributed by atoms with Crippen molar-refractivity contribution in [1.82, 2.24) is 15.1 Å². The molecule has 1 N–H and O–H groups in total. The Hall–Kier alpha value is -2.28. The average molecular weight is 391 g/mol. The maximum Gasteiger partial charge on any atom is 0.310 e. The Kier molecular flexibility index (Phi) is 8.11. The summed E-state index contributed by atoms with van der Waals surface area (Å²) in [6.45, 7) is 6.94. The van der Waals surface area contributed by atoms with Gasteiger partial charge in [-0.2, -0.15) is 0 Å². The van der Waals surface area contributed by atoms with Crippen LogP contribution in [0.1, 0.15) is 25.5 Å². The molecule has 1 aromatic rings. The van der Waals surface area contributed by atoms with E-state index in [1.54, 1.807) is 7.11 Å². The van der Waals surface area contributed by atoms with Crippen molar-refractivity contribution in [2.75, 3.05) is 54.5 Å². The summed E-state index contributed by atoms with van der Waals surface area (Å²) in [4.78, 5) is 21.2. The number of likely N-dealkylation sites (N-methyl/N-ethyl adjacent to an activating group) is 1. The molecular formula is C21H34N4O3. The van der Waals surface area contributed by atoms with Gasteiger partial charge in [0.15, 0.2) is 5.96 Å². The summed E-state index contributed by atoms with van der Waals surface area (Å²) in [6.07, 6.45) is 0. The van der Waals surface area contributed by atoms with Crippen LogP contribution in [0.5, 0.6) is 5.75 Å². The van der Waals surface area contributed by atoms with Crippen molar-refractivity contribution < 1.29 is 14.3 Å². The van der Waals surface area contributed by atoms with E-state index < -0.39 is 0 Å². The van der Waals surface area contributed by atoms with Gasteiger partial charge >= 0.3 is 5.97 Å². The lowest BCUT2D eigenvalue weighted by molar-refractivity contribution is -0.145. The molecular weight excluding hydrogens is 356 g/mol. The zero-order chi connectivity index (χ0) is 20.7. The molecule has 1 aliphatic heterocycles. The van der Waals surface area contributed by atoms with Gasteiger partial charge in [0.2, 0.25) is 0 Å².